The number of nitrogens with zero attached hydrogens (tertiary/aromatic N) is 2. The van der Waals surface area contributed by atoms with Crippen LogP contribution in [-0.4, -0.2) is 24.5 Å². The van der Waals surface area contributed by atoms with Crippen LogP contribution in [0.1, 0.15) is 0 Å². The third kappa shape index (κ3) is 1.22. The quantitative estimate of drug-likeness (QED) is 0.400. The van der Waals surface area contributed by atoms with Crippen LogP contribution in [0.25, 0.3) is 27.6 Å². The van der Waals surface area contributed by atoms with Gasteiger partial charge in [-0.25, -0.2) is 0 Å². The van der Waals surface area contributed by atoms with Gasteiger partial charge in [-0.15, -0.1) is 0 Å². The van der Waals surface area contributed by atoms with Gasteiger partial charge < -0.3 is 0 Å². The van der Waals surface area contributed by atoms with E-state index in [-0.39, 0.29) is 0 Å². The van der Waals surface area contributed by atoms with Crippen molar-refractivity contribution in [3.8, 4) is 5.82 Å². The number of rotatable bonds is 0. The van der Waals surface area contributed by atoms with E-state index >= 15 is 0 Å². The van der Waals surface area contributed by atoms with Gasteiger partial charge in [0.25, 0.3) is 0 Å². The number of benzene rings is 2. The molecule has 1 aliphatic rings. The Morgan fingerprint density at radius 1 is 0.800 bits per heavy atom. The fraction of sp³-hybridized carbons (Fsp3) is 0. The van der Waals surface area contributed by atoms with E-state index in [9.17, 15) is 0 Å². The third-order valence-corrected chi connectivity index (χ3v) is 6.12. The zero-order valence-electron chi connectivity index (χ0n) is 10.6. The number of aromatic nitrogens is 2. The SMILES string of the molecule is c1cnc2c(c1)[Se]c1cccc3c4ccccc4n-2c13. The standard InChI is InChI=1S/C17H10N2Se/c1-2-7-13-11(5-1)12-6-3-8-14-16(12)19(13)17-15(20-14)9-4-10-18-17/h1-10H. The fourth-order valence-corrected chi connectivity index (χ4v) is 5.27. The van der Waals surface area contributed by atoms with Crippen LogP contribution in [-0.2, 0) is 0 Å². The molecule has 0 bridgehead atoms. The topological polar surface area (TPSA) is 17.8 Å². The molecule has 3 heterocycles. The van der Waals surface area contributed by atoms with Crippen LogP contribution in [0.4, 0.5) is 0 Å². The van der Waals surface area contributed by atoms with Gasteiger partial charge in [0.2, 0.25) is 0 Å². The Hall–Kier alpha value is -2.09. The van der Waals surface area contributed by atoms with Gasteiger partial charge in [0.1, 0.15) is 0 Å². The Balaban J connectivity index is 2.12. The van der Waals surface area contributed by atoms with E-state index in [1.807, 2.05) is 12.3 Å². The van der Waals surface area contributed by atoms with E-state index in [0.29, 0.717) is 15.0 Å². The molecule has 0 N–H and O–H groups in total. The van der Waals surface area contributed by atoms with Gasteiger partial charge in [0, 0.05) is 0 Å². The van der Waals surface area contributed by atoms with Crippen molar-refractivity contribution in [2.24, 2.45) is 0 Å². The molecule has 0 atom stereocenters. The third-order valence-electron chi connectivity index (χ3n) is 3.84. The first-order chi connectivity index (χ1) is 9.93. The molecular weight excluding hydrogens is 311 g/mol. The van der Waals surface area contributed by atoms with E-state index in [1.54, 1.807) is 0 Å². The van der Waals surface area contributed by atoms with Gasteiger partial charge >= 0.3 is 122 Å². The monoisotopic (exact) mass is 322 g/mol. The molecule has 0 radical (unpaired) electrons. The zero-order chi connectivity index (χ0) is 13.1. The van der Waals surface area contributed by atoms with Crippen molar-refractivity contribution < 1.29 is 0 Å². The molecule has 2 aromatic heterocycles. The fourth-order valence-electron chi connectivity index (χ4n) is 3.04. The Labute approximate surface area is 122 Å². The van der Waals surface area contributed by atoms with Crippen LogP contribution in [0.5, 0.6) is 0 Å². The summed E-state index contributed by atoms with van der Waals surface area (Å²) in [6.07, 6.45) is 1.89. The Kier molecular flexibility index (Phi) is 1.99. The first kappa shape index (κ1) is 10.7. The molecule has 0 aliphatic carbocycles. The number of hydrogen-bond donors (Lipinski definition) is 0. The maximum atomic E-state index is 4.64. The van der Waals surface area contributed by atoms with Crippen LogP contribution in [0.15, 0.2) is 60.8 Å². The number of fused-ring (bicyclic) bond motifs is 5. The minimum atomic E-state index is 0.341. The first-order valence-corrected chi connectivity index (χ1v) is 8.30. The summed E-state index contributed by atoms with van der Waals surface area (Å²) in [4.78, 5) is 4.64. The molecule has 94 valence electrons. The van der Waals surface area contributed by atoms with Crippen molar-refractivity contribution >= 4 is 45.7 Å². The van der Waals surface area contributed by atoms with E-state index in [0.717, 1.165) is 5.82 Å². The molecule has 3 heteroatoms. The summed E-state index contributed by atoms with van der Waals surface area (Å²) < 4.78 is 5.15. The van der Waals surface area contributed by atoms with Crippen molar-refractivity contribution in [2.45, 2.75) is 0 Å². The summed E-state index contributed by atoms with van der Waals surface area (Å²) in [5, 5.41) is 2.66. The van der Waals surface area contributed by atoms with Crippen molar-refractivity contribution in [2.75, 3.05) is 0 Å². The predicted octanol–water partition coefficient (Wildman–Crippen LogP) is 2.15. The zero-order valence-corrected chi connectivity index (χ0v) is 12.3. The number of para-hydroxylation sites is 2. The number of hydrogen-bond acceptors (Lipinski definition) is 1. The van der Waals surface area contributed by atoms with Crippen LogP contribution in [0.3, 0.4) is 0 Å². The molecule has 0 amide bonds. The molecule has 2 aromatic carbocycles. The van der Waals surface area contributed by atoms with Crippen molar-refractivity contribution in [3.05, 3.63) is 60.8 Å². The molecule has 20 heavy (non-hydrogen) atoms. The molecule has 0 saturated heterocycles. The van der Waals surface area contributed by atoms with Crippen LogP contribution >= 0.6 is 0 Å². The molecule has 0 spiro atoms. The molecule has 5 rings (SSSR count). The average molecular weight is 321 g/mol. The summed E-state index contributed by atoms with van der Waals surface area (Å²) in [6.45, 7) is 0. The van der Waals surface area contributed by atoms with Gasteiger partial charge in [-0.05, 0) is 0 Å². The van der Waals surface area contributed by atoms with Crippen LogP contribution < -0.4 is 8.92 Å². The normalized spacial score (nSPS) is 12.8. The molecule has 0 unspecified atom stereocenters. The van der Waals surface area contributed by atoms with Crippen LogP contribution in [0, 0.1) is 0 Å². The second-order valence-corrected chi connectivity index (χ2v) is 7.21. The first-order valence-electron chi connectivity index (χ1n) is 6.59. The van der Waals surface area contributed by atoms with Crippen molar-refractivity contribution in [1.82, 2.24) is 9.55 Å². The molecule has 2 nitrogen and oxygen atoms in total. The van der Waals surface area contributed by atoms with Gasteiger partial charge in [-0.1, -0.05) is 0 Å². The van der Waals surface area contributed by atoms with Gasteiger partial charge in [0.15, 0.2) is 0 Å². The average Bonchev–Trinajstić information content (AvgIpc) is 2.85. The minimum absolute atomic E-state index is 0.341. The second-order valence-electron chi connectivity index (χ2n) is 4.93. The summed E-state index contributed by atoms with van der Waals surface area (Å²) in [7, 11) is 0. The van der Waals surface area contributed by atoms with Crippen molar-refractivity contribution in [1.29, 1.82) is 0 Å². The van der Waals surface area contributed by atoms with Crippen molar-refractivity contribution in [3.63, 3.8) is 0 Å². The molecule has 1 aliphatic heterocycles. The molecule has 0 fully saturated rings. The summed E-state index contributed by atoms with van der Waals surface area (Å²) in [6, 6.07) is 19.5. The van der Waals surface area contributed by atoms with E-state index in [1.165, 1.54) is 30.7 Å². The summed E-state index contributed by atoms with van der Waals surface area (Å²) in [5.41, 5.74) is 2.60. The number of pyridine rings is 1. The van der Waals surface area contributed by atoms with Gasteiger partial charge in [-0.3, -0.25) is 0 Å². The Morgan fingerprint density at radius 2 is 1.65 bits per heavy atom. The van der Waals surface area contributed by atoms with E-state index in [4.69, 9.17) is 0 Å². The predicted molar refractivity (Wildman–Crippen MR) is 83.6 cm³/mol. The summed E-state index contributed by atoms with van der Waals surface area (Å²) in [5.74, 6) is 1.11. The Morgan fingerprint density at radius 3 is 2.65 bits per heavy atom. The second kappa shape index (κ2) is 3.72. The van der Waals surface area contributed by atoms with Crippen LogP contribution in [0.2, 0.25) is 0 Å². The van der Waals surface area contributed by atoms with E-state index < -0.39 is 0 Å². The molecule has 0 saturated carbocycles. The molecule has 4 aromatic rings. The van der Waals surface area contributed by atoms with Gasteiger partial charge in [0.05, 0.1) is 0 Å². The van der Waals surface area contributed by atoms with Gasteiger partial charge in [-0.2, -0.15) is 0 Å². The molecular formula is C17H10N2Se. The summed E-state index contributed by atoms with van der Waals surface area (Å²) >= 11 is 0.341. The Bertz CT molecular complexity index is 985. The van der Waals surface area contributed by atoms with E-state index in [2.05, 4.69) is 58.1 Å². The maximum absolute atomic E-state index is 4.64.